The monoisotopic (exact) mass is 452 g/mol. The molecule has 0 fully saturated rings. The van der Waals surface area contributed by atoms with Crippen molar-refractivity contribution in [3.05, 3.63) is 34.3 Å². The Kier molecular flexibility index (Phi) is 10.2. The number of hydrogen-bond acceptors (Lipinski definition) is 1. The van der Waals surface area contributed by atoms with Gasteiger partial charge in [0.1, 0.15) is 0 Å². The largest absolute Gasteiger partial charge is 0.377 e. The van der Waals surface area contributed by atoms with Crippen LogP contribution in [0.1, 0.15) is 106 Å². The normalized spacial score (nSPS) is 14.3. The van der Waals surface area contributed by atoms with Crippen LogP contribution in [0, 0.1) is 10.8 Å². The second kappa shape index (κ2) is 11.2. The summed E-state index contributed by atoms with van der Waals surface area (Å²) in [5, 5.41) is 0. The van der Waals surface area contributed by atoms with E-state index in [4.69, 9.17) is 4.74 Å². The lowest BCUT2D eigenvalue weighted by atomic mass is 9.65. The predicted molar refractivity (Wildman–Crippen MR) is 128 cm³/mol. The van der Waals surface area contributed by atoms with E-state index in [2.05, 4.69) is 95.6 Å². The first kappa shape index (κ1) is 25.7. The first-order chi connectivity index (χ1) is 12.9. The topological polar surface area (TPSA) is 9.23 Å². The van der Waals surface area contributed by atoms with Gasteiger partial charge in [0, 0.05) is 9.89 Å². The Morgan fingerprint density at radius 1 is 0.821 bits per heavy atom. The van der Waals surface area contributed by atoms with Crippen molar-refractivity contribution < 1.29 is 4.74 Å². The lowest BCUT2D eigenvalue weighted by Gasteiger charge is -2.46. The van der Waals surface area contributed by atoms with Crippen molar-refractivity contribution in [1.29, 1.82) is 0 Å². The number of benzene rings is 1. The van der Waals surface area contributed by atoms with Crippen molar-refractivity contribution in [1.82, 2.24) is 0 Å². The van der Waals surface area contributed by atoms with Gasteiger partial charge in [-0.25, -0.2) is 0 Å². The first-order valence-electron chi connectivity index (χ1n) is 11.3. The Labute approximate surface area is 184 Å². The third-order valence-corrected chi connectivity index (χ3v) is 7.36. The summed E-state index contributed by atoms with van der Waals surface area (Å²) in [6.07, 6.45) is 9.47. The number of hydrogen-bond donors (Lipinski definition) is 0. The molecule has 1 atom stereocenters. The molecule has 0 amide bonds. The van der Waals surface area contributed by atoms with E-state index in [-0.39, 0.29) is 22.3 Å². The summed E-state index contributed by atoms with van der Waals surface area (Å²) in [4.78, 5) is 0. The predicted octanol–water partition coefficient (Wildman–Crippen LogP) is 8.93. The van der Waals surface area contributed by atoms with Crippen LogP contribution in [0.4, 0.5) is 0 Å². The van der Waals surface area contributed by atoms with Gasteiger partial charge in [-0.05, 0) is 34.9 Å². The van der Waals surface area contributed by atoms with Crippen molar-refractivity contribution >= 4 is 15.9 Å². The van der Waals surface area contributed by atoms with Gasteiger partial charge in [0.25, 0.3) is 0 Å². The zero-order valence-electron chi connectivity index (χ0n) is 19.8. The molecule has 0 aliphatic heterocycles. The Hall–Kier alpha value is -0.340. The van der Waals surface area contributed by atoms with Gasteiger partial charge in [0.2, 0.25) is 0 Å². The number of rotatable bonds is 12. The molecule has 0 aliphatic rings. The van der Waals surface area contributed by atoms with Crippen LogP contribution in [-0.4, -0.2) is 12.7 Å². The smallest absolute Gasteiger partial charge is 0.0631 e. The van der Waals surface area contributed by atoms with Crippen LogP contribution >= 0.6 is 15.9 Å². The Bertz CT molecular complexity index is 551. The minimum Gasteiger partial charge on any atom is -0.377 e. The van der Waals surface area contributed by atoms with Gasteiger partial charge in [-0.3, -0.25) is 0 Å². The van der Waals surface area contributed by atoms with Crippen LogP contribution in [0.25, 0.3) is 0 Å². The molecular weight excluding hydrogens is 408 g/mol. The molecule has 0 spiro atoms. The standard InChI is InChI=1S/C26H45BrO/c1-9-10-11-12-13-14-15-23(26(7,8)24(2,3)4)28-20-25(5,6)21-16-18-22(27)19-17-21/h16-19,23H,9-15,20H2,1-8H3. The fourth-order valence-corrected chi connectivity index (χ4v) is 3.80. The molecule has 0 aromatic heterocycles. The number of unbranched alkanes of at least 4 members (excludes halogenated alkanes) is 5. The second-order valence-corrected chi connectivity index (χ2v) is 11.6. The van der Waals surface area contributed by atoms with Crippen molar-refractivity contribution in [2.75, 3.05) is 6.61 Å². The zero-order valence-corrected chi connectivity index (χ0v) is 21.4. The molecule has 0 saturated carbocycles. The molecule has 162 valence electrons. The highest BCUT2D eigenvalue weighted by Gasteiger charge is 2.41. The average Bonchev–Trinajstić information content (AvgIpc) is 2.59. The maximum Gasteiger partial charge on any atom is 0.0631 e. The quantitative estimate of drug-likeness (QED) is 0.287. The summed E-state index contributed by atoms with van der Waals surface area (Å²) < 4.78 is 7.83. The highest BCUT2D eigenvalue weighted by atomic mass is 79.9. The first-order valence-corrected chi connectivity index (χ1v) is 12.1. The molecule has 1 aromatic rings. The highest BCUT2D eigenvalue weighted by molar-refractivity contribution is 9.10. The summed E-state index contributed by atoms with van der Waals surface area (Å²) in [5.41, 5.74) is 1.68. The molecule has 0 aliphatic carbocycles. The van der Waals surface area contributed by atoms with E-state index in [1.165, 1.54) is 44.1 Å². The Morgan fingerprint density at radius 3 is 1.89 bits per heavy atom. The van der Waals surface area contributed by atoms with E-state index >= 15 is 0 Å². The molecular formula is C26H45BrO. The minimum absolute atomic E-state index is 0.00798. The zero-order chi connectivity index (χ0) is 21.4. The second-order valence-electron chi connectivity index (χ2n) is 10.7. The lowest BCUT2D eigenvalue weighted by molar-refractivity contribution is -0.0914. The van der Waals surface area contributed by atoms with Crippen LogP contribution < -0.4 is 0 Å². The molecule has 1 unspecified atom stereocenters. The van der Waals surface area contributed by atoms with Gasteiger partial charge in [-0.15, -0.1) is 0 Å². The third-order valence-electron chi connectivity index (χ3n) is 6.83. The van der Waals surface area contributed by atoms with Crippen molar-refractivity contribution in [2.45, 2.75) is 112 Å². The van der Waals surface area contributed by atoms with Crippen LogP contribution in [0.15, 0.2) is 28.7 Å². The fourth-order valence-electron chi connectivity index (χ4n) is 3.54. The van der Waals surface area contributed by atoms with Crippen LogP contribution in [0.5, 0.6) is 0 Å². The van der Waals surface area contributed by atoms with E-state index in [1.807, 2.05) is 0 Å². The van der Waals surface area contributed by atoms with Gasteiger partial charge in [-0.1, -0.05) is 122 Å². The summed E-state index contributed by atoms with van der Waals surface area (Å²) in [5.74, 6) is 0. The molecule has 2 heteroatoms. The van der Waals surface area contributed by atoms with E-state index in [0.29, 0.717) is 0 Å². The van der Waals surface area contributed by atoms with Crippen LogP contribution in [0.2, 0.25) is 0 Å². The highest BCUT2D eigenvalue weighted by Crippen LogP contribution is 2.44. The average molecular weight is 454 g/mol. The van der Waals surface area contributed by atoms with Gasteiger partial charge >= 0.3 is 0 Å². The fraction of sp³-hybridized carbons (Fsp3) is 0.769. The maximum absolute atomic E-state index is 6.70. The Balaban J connectivity index is 2.77. The van der Waals surface area contributed by atoms with Gasteiger partial charge in [0.05, 0.1) is 12.7 Å². The number of ether oxygens (including phenoxy) is 1. The molecule has 0 saturated heterocycles. The number of halogens is 1. The van der Waals surface area contributed by atoms with Gasteiger partial charge in [-0.2, -0.15) is 0 Å². The molecule has 0 bridgehead atoms. The summed E-state index contributed by atoms with van der Waals surface area (Å²) >= 11 is 3.54. The summed E-state index contributed by atoms with van der Waals surface area (Å²) in [7, 11) is 0. The summed E-state index contributed by atoms with van der Waals surface area (Å²) in [6.45, 7) is 19.5. The molecule has 0 heterocycles. The van der Waals surface area contributed by atoms with Crippen molar-refractivity contribution in [3.63, 3.8) is 0 Å². The molecule has 0 radical (unpaired) electrons. The van der Waals surface area contributed by atoms with Crippen molar-refractivity contribution in [2.24, 2.45) is 10.8 Å². The third kappa shape index (κ3) is 7.82. The molecule has 1 aromatic carbocycles. The van der Waals surface area contributed by atoms with E-state index in [1.54, 1.807) is 0 Å². The SMILES string of the molecule is CCCCCCCCC(OCC(C)(C)c1ccc(Br)cc1)C(C)(C)C(C)(C)C. The Morgan fingerprint density at radius 2 is 1.36 bits per heavy atom. The van der Waals surface area contributed by atoms with Gasteiger partial charge < -0.3 is 4.74 Å². The molecule has 1 nitrogen and oxygen atoms in total. The van der Waals surface area contributed by atoms with Crippen molar-refractivity contribution in [3.8, 4) is 0 Å². The minimum atomic E-state index is 0.00798. The maximum atomic E-state index is 6.70. The van der Waals surface area contributed by atoms with E-state index in [0.717, 1.165) is 17.5 Å². The molecule has 1 rings (SSSR count). The molecule has 0 N–H and O–H groups in total. The van der Waals surface area contributed by atoms with Gasteiger partial charge in [0.15, 0.2) is 0 Å². The lowest BCUT2D eigenvalue weighted by Crippen LogP contribution is -2.44. The van der Waals surface area contributed by atoms with Crippen LogP contribution in [-0.2, 0) is 10.2 Å². The van der Waals surface area contributed by atoms with E-state index < -0.39 is 0 Å². The molecule has 28 heavy (non-hydrogen) atoms. The van der Waals surface area contributed by atoms with Crippen LogP contribution in [0.3, 0.4) is 0 Å². The summed E-state index contributed by atoms with van der Waals surface area (Å²) in [6, 6.07) is 8.68. The van der Waals surface area contributed by atoms with E-state index in [9.17, 15) is 0 Å².